The van der Waals surface area contributed by atoms with E-state index in [4.69, 9.17) is 5.11 Å². The van der Waals surface area contributed by atoms with E-state index in [0.717, 1.165) is 0 Å². The minimum absolute atomic E-state index is 0.387. The lowest BCUT2D eigenvalue weighted by Gasteiger charge is -2.20. The number of aliphatic hydroxyl groups is 2. The summed E-state index contributed by atoms with van der Waals surface area (Å²) in [7, 11) is 1.25. The summed E-state index contributed by atoms with van der Waals surface area (Å²) in [6, 6.07) is 17.0. The van der Waals surface area contributed by atoms with Gasteiger partial charge in [0.1, 0.15) is 0 Å². The molecule has 2 rings (SSSR count). The van der Waals surface area contributed by atoms with Gasteiger partial charge in [0.25, 0.3) is 0 Å². The van der Waals surface area contributed by atoms with E-state index in [9.17, 15) is 19.8 Å². The molecule has 2 aromatic rings. The topological polar surface area (TPSA) is 104 Å². The zero-order valence-corrected chi connectivity index (χ0v) is 14.3. The van der Waals surface area contributed by atoms with Crippen LogP contribution >= 0.6 is 0 Å². The van der Waals surface area contributed by atoms with Crippen LogP contribution in [0.5, 0.6) is 0 Å². The Balaban J connectivity index is 0.000000251. The van der Waals surface area contributed by atoms with E-state index < -0.39 is 23.1 Å². The predicted molar refractivity (Wildman–Crippen MR) is 91.7 cm³/mol. The van der Waals surface area contributed by atoms with Gasteiger partial charge in [-0.1, -0.05) is 60.7 Å². The van der Waals surface area contributed by atoms with E-state index in [0.29, 0.717) is 11.1 Å². The highest BCUT2D eigenvalue weighted by Crippen LogP contribution is 2.21. The highest BCUT2D eigenvalue weighted by molar-refractivity contribution is 5.80. The van der Waals surface area contributed by atoms with E-state index in [1.54, 1.807) is 54.6 Å². The number of ether oxygens (including phenoxy) is 1. The molecule has 0 fully saturated rings. The highest BCUT2D eigenvalue weighted by atomic mass is 16.5. The lowest BCUT2D eigenvalue weighted by Crippen LogP contribution is -2.33. The molecule has 3 N–H and O–H groups in total. The first-order chi connectivity index (χ1) is 11.6. The van der Waals surface area contributed by atoms with E-state index in [1.807, 2.05) is 6.07 Å². The molecule has 0 aromatic heterocycles. The van der Waals surface area contributed by atoms with Crippen molar-refractivity contribution in [2.45, 2.75) is 25.0 Å². The fourth-order valence-corrected chi connectivity index (χ4v) is 1.97. The summed E-state index contributed by atoms with van der Waals surface area (Å²) in [5.41, 5.74) is -2.43. The van der Waals surface area contributed by atoms with E-state index in [2.05, 4.69) is 4.74 Å². The third-order valence-electron chi connectivity index (χ3n) is 3.67. The molecule has 6 heteroatoms. The van der Waals surface area contributed by atoms with Crippen LogP contribution in [0.1, 0.15) is 25.0 Å². The lowest BCUT2D eigenvalue weighted by atomic mass is 9.96. The predicted octanol–water partition coefficient (Wildman–Crippen LogP) is 2.05. The van der Waals surface area contributed by atoms with E-state index in [1.165, 1.54) is 21.0 Å². The third kappa shape index (κ3) is 5.14. The number of rotatable bonds is 4. The van der Waals surface area contributed by atoms with Crippen LogP contribution in [0.3, 0.4) is 0 Å². The van der Waals surface area contributed by atoms with Crippen LogP contribution in [0.15, 0.2) is 60.7 Å². The standard InChI is InChI=1S/C10H12O3.C9H10O3/c1-10(12,9(11)13-2)8-6-4-3-5-7-8;1-9(12,8(10)11)7-5-3-2-4-6-7/h3-7,12H,1-2H3;2-6,12H,1H3,(H,10,11)/t;9-/m.0/s1. The number of hydrogen-bond donors (Lipinski definition) is 3. The number of carbonyl (C=O) groups is 2. The lowest BCUT2D eigenvalue weighted by molar-refractivity contribution is -0.161. The quantitative estimate of drug-likeness (QED) is 0.732. The van der Waals surface area contributed by atoms with Gasteiger partial charge in [-0.2, -0.15) is 0 Å². The summed E-state index contributed by atoms with van der Waals surface area (Å²) in [6.07, 6.45) is 0. The summed E-state index contributed by atoms with van der Waals surface area (Å²) in [5.74, 6) is -1.90. The van der Waals surface area contributed by atoms with Gasteiger partial charge in [0.2, 0.25) is 0 Å². The Morgan fingerprint density at radius 1 is 0.800 bits per heavy atom. The van der Waals surface area contributed by atoms with Crippen molar-refractivity contribution < 1.29 is 29.6 Å². The second kappa shape index (κ2) is 8.41. The molecule has 0 saturated heterocycles. The Bertz CT molecular complexity index is 692. The number of hydrogen-bond acceptors (Lipinski definition) is 5. The molecule has 1 unspecified atom stereocenters. The fraction of sp³-hybridized carbons (Fsp3) is 0.263. The van der Waals surface area contributed by atoms with Crippen molar-refractivity contribution in [3.63, 3.8) is 0 Å². The Hall–Kier alpha value is -2.70. The molecule has 6 nitrogen and oxygen atoms in total. The first-order valence-corrected chi connectivity index (χ1v) is 7.51. The van der Waals surface area contributed by atoms with Crippen molar-refractivity contribution in [2.75, 3.05) is 7.11 Å². The molecule has 0 aliphatic rings. The second-order valence-electron chi connectivity index (χ2n) is 5.67. The molecule has 25 heavy (non-hydrogen) atoms. The number of esters is 1. The van der Waals surface area contributed by atoms with Crippen LogP contribution in [-0.4, -0.2) is 34.4 Å². The fourth-order valence-electron chi connectivity index (χ4n) is 1.97. The zero-order valence-electron chi connectivity index (χ0n) is 14.3. The van der Waals surface area contributed by atoms with Gasteiger partial charge in [-0.3, -0.25) is 0 Å². The molecule has 0 aliphatic carbocycles. The van der Waals surface area contributed by atoms with Crippen molar-refractivity contribution in [3.8, 4) is 0 Å². The molecule has 0 saturated carbocycles. The maximum absolute atomic E-state index is 11.2. The van der Waals surface area contributed by atoms with Gasteiger partial charge in [-0.05, 0) is 25.0 Å². The minimum atomic E-state index is -1.79. The number of carboxylic acid groups (broad SMARTS) is 1. The highest BCUT2D eigenvalue weighted by Gasteiger charge is 2.33. The Morgan fingerprint density at radius 2 is 1.16 bits per heavy atom. The SMILES string of the molecule is COC(=O)C(C)(O)c1ccccc1.C[C@@](O)(C(=O)O)c1ccccc1. The van der Waals surface area contributed by atoms with Crippen LogP contribution < -0.4 is 0 Å². The Kier molecular flexibility index (Phi) is 6.85. The molecule has 0 spiro atoms. The average molecular weight is 346 g/mol. The molecule has 0 heterocycles. The van der Waals surface area contributed by atoms with Gasteiger partial charge in [-0.15, -0.1) is 0 Å². The van der Waals surface area contributed by atoms with Crippen LogP contribution in [0.2, 0.25) is 0 Å². The number of carboxylic acids is 1. The molecule has 2 aromatic carbocycles. The van der Waals surface area contributed by atoms with Gasteiger partial charge < -0.3 is 20.1 Å². The molecular formula is C19H22O6. The maximum Gasteiger partial charge on any atom is 0.342 e. The molecular weight excluding hydrogens is 324 g/mol. The van der Waals surface area contributed by atoms with Gasteiger partial charge >= 0.3 is 11.9 Å². The minimum Gasteiger partial charge on any atom is -0.479 e. The average Bonchev–Trinajstić information content (AvgIpc) is 2.62. The van der Waals surface area contributed by atoms with Crippen molar-refractivity contribution in [1.29, 1.82) is 0 Å². The number of carbonyl (C=O) groups excluding carboxylic acids is 1. The third-order valence-corrected chi connectivity index (χ3v) is 3.67. The Morgan fingerprint density at radius 3 is 1.48 bits per heavy atom. The summed E-state index contributed by atoms with van der Waals surface area (Å²) < 4.78 is 4.48. The van der Waals surface area contributed by atoms with Crippen LogP contribution in [0.4, 0.5) is 0 Å². The van der Waals surface area contributed by atoms with Gasteiger partial charge in [0.15, 0.2) is 11.2 Å². The van der Waals surface area contributed by atoms with Gasteiger partial charge in [0.05, 0.1) is 7.11 Å². The van der Waals surface area contributed by atoms with Crippen LogP contribution in [0.25, 0.3) is 0 Å². The maximum atomic E-state index is 11.2. The molecule has 134 valence electrons. The van der Waals surface area contributed by atoms with Crippen molar-refractivity contribution in [1.82, 2.24) is 0 Å². The van der Waals surface area contributed by atoms with Crippen molar-refractivity contribution >= 4 is 11.9 Å². The van der Waals surface area contributed by atoms with Crippen LogP contribution in [0, 0.1) is 0 Å². The smallest absolute Gasteiger partial charge is 0.342 e. The molecule has 2 atom stereocenters. The molecule has 0 radical (unpaired) electrons. The number of aliphatic carboxylic acids is 1. The second-order valence-corrected chi connectivity index (χ2v) is 5.67. The van der Waals surface area contributed by atoms with Crippen molar-refractivity contribution in [3.05, 3.63) is 71.8 Å². The van der Waals surface area contributed by atoms with E-state index in [-0.39, 0.29) is 0 Å². The first-order valence-electron chi connectivity index (χ1n) is 7.51. The summed E-state index contributed by atoms with van der Waals surface area (Å²) in [6.45, 7) is 2.67. The van der Waals surface area contributed by atoms with Gasteiger partial charge in [-0.25, -0.2) is 9.59 Å². The number of methoxy groups -OCH3 is 1. The monoisotopic (exact) mass is 346 g/mol. The Labute approximate surface area is 146 Å². The first kappa shape index (κ1) is 20.3. The molecule has 0 amide bonds. The normalized spacial score (nSPS) is 14.9. The summed E-state index contributed by atoms with van der Waals surface area (Å²) >= 11 is 0. The molecule has 0 aliphatic heterocycles. The van der Waals surface area contributed by atoms with Crippen molar-refractivity contribution in [2.24, 2.45) is 0 Å². The van der Waals surface area contributed by atoms with E-state index >= 15 is 0 Å². The largest absolute Gasteiger partial charge is 0.479 e. The zero-order chi connectivity index (χ0) is 19.1. The summed E-state index contributed by atoms with van der Waals surface area (Å²) in [4.78, 5) is 21.7. The van der Waals surface area contributed by atoms with Crippen LogP contribution in [-0.2, 0) is 25.5 Å². The molecule has 0 bridgehead atoms. The number of benzene rings is 2. The van der Waals surface area contributed by atoms with Gasteiger partial charge in [0, 0.05) is 0 Å². The summed E-state index contributed by atoms with van der Waals surface area (Å²) in [5, 5.41) is 27.9.